The minimum absolute atomic E-state index is 0.778. The summed E-state index contributed by atoms with van der Waals surface area (Å²) in [6.07, 6.45) is 9.77. The average Bonchev–Trinajstić information content (AvgIpc) is 3.19. The number of aryl methyl sites for hydroxylation is 1. The zero-order valence-electron chi connectivity index (χ0n) is 12.4. The molecule has 2 aliphatic rings. The maximum atomic E-state index is 4.78. The Hall–Kier alpha value is -0.830. The summed E-state index contributed by atoms with van der Waals surface area (Å²) < 4.78 is 2.27. The van der Waals surface area contributed by atoms with Crippen LogP contribution < -0.4 is 5.32 Å². The standard InChI is InChI=1S/C16H27N3/c1-12-16(10-17-15-8-9-15)13(2)19(18-12)11-14-6-4-3-5-7-14/h14-15,17H,3-11H2,1-2H3. The van der Waals surface area contributed by atoms with Crippen molar-refractivity contribution in [3.8, 4) is 0 Å². The first-order valence-electron chi connectivity index (χ1n) is 8.00. The molecular formula is C16H27N3. The van der Waals surface area contributed by atoms with E-state index in [1.54, 1.807) is 0 Å². The van der Waals surface area contributed by atoms with Crippen molar-refractivity contribution >= 4 is 0 Å². The summed E-state index contributed by atoms with van der Waals surface area (Å²) in [5.41, 5.74) is 4.04. The van der Waals surface area contributed by atoms with Crippen molar-refractivity contribution in [2.75, 3.05) is 0 Å². The van der Waals surface area contributed by atoms with Crippen LogP contribution in [0.5, 0.6) is 0 Å². The van der Waals surface area contributed by atoms with Gasteiger partial charge in [0, 0.05) is 30.4 Å². The largest absolute Gasteiger partial charge is 0.310 e. The number of rotatable bonds is 5. The first kappa shape index (κ1) is 13.2. The SMILES string of the molecule is Cc1nn(CC2CCCCC2)c(C)c1CNC1CC1. The first-order chi connectivity index (χ1) is 9.24. The van der Waals surface area contributed by atoms with Crippen LogP contribution in [-0.4, -0.2) is 15.8 Å². The normalized spacial score (nSPS) is 20.9. The van der Waals surface area contributed by atoms with E-state index in [9.17, 15) is 0 Å². The maximum absolute atomic E-state index is 4.78. The van der Waals surface area contributed by atoms with Crippen LogP contribution in [0.15, 0.2) is 0 Å². The molecule has 1 aromatic rings. The quantitative estimate of drug-likeness (QED) is 0.881. The van der Waals surface area contributed by atoms with Gasteiger partial charge in [0.15, 0.2) is 0 Å². The third kappa shape index (κ3) is 3.19. The molecule has 1 N–H and O–H groups in total. The number of nitrogens with zero attached hydrogens (tertiary/aromatic N) is 2. The summed E-state index contributed by atoms with van der Waals surface area (Å²) in [7, 11) is 0. The Morgan fingerprint density at radius 2 is 1.84 bits per heavy atom. The molecule has 2 saturated carbocycles. The van der Waals surface area contributed by atoms with Gasteiger partial charge in [0.2, 0.25) is 0 Å². The highest BCUT2D eigenvalue weighted by Crippen LogP contribution is 2.26. The Balaban J connectivity index is 1.65. The van der Waals surface area contributed by atoms with Gasteiger partial charge in [0.05, 0.1) is 5.69 Å². The zero-order chi connectivity index (χ0) is 13.2. The van der Waals surface area contributed by atoms with Crippen LogP contribution in [0.3, 0.4) is 0 Å². The van der Waals surface area contributed by atoms with Crippen molar-refractivity contribution in [1.82, 2.24) is 15.1 Å². The van der Waals surface area contributed by atoms with Crippen molar-refractivity contribution in [3.63, 3.8) is 0 Å². The Morgan fingerprint density at radius 3 is 2.53 bits per heavy atom. The van der Waals surface area contributed by atoms with Gasteiger partial charge in [-0.15, -0.1) is 0 Å². The van der Waals surface area contributed by atoms with E-state index < -0.39 is 0 Å². The molecule has 3 heteroatoms. The topological polar surface area (TPSA) is 29.9 Å². The van der Waals surface area contributed by atoms with E-state index in [1.807, 2.05) is 0 Å². The molecule has 2 fully saturated rings. The van der Waals surface area contributed by atoms with E-state index in [4.69, 9.17) is 5.10 Å². The number of aromatic nitrogens is 2. The van der Waals surface area contributed by atoms with Crippen LogP contribution in [0, 0.1) is 19.8 Å². The molecular weight excluding hydrogens is 234 g/mol. The maximum Gasteiger partial charge on any atom is 0.0641 e. The molecule has 0 saturated heterocycles. The number of nitrogens with one attached hydrogen (secondary N) is 1. The molecule has 2 aliphatic carbocycles. The highest BCUT2D eigenvalue weighted by atomic mass is 15.3. The second-order valence-electron chi connectivity index (χ2n) is 6.49. The number of hydrogen-bond acceptors (Lipinski definition) is 2. The molecule has 3 nitrogen and oxygen atoms in total. The van der Waals surface area contributed by atoms with Gasteiger partial charge in [-0.2, -0.15) is 5.10 Å². The van der Waals surface area contributed by atoms with Crippen LogP contribution in [0.1, 0.15) is 61.9 Å². The molecule has 0 aromatic carbocycles. The van der Waals surface area contributed by atoms with Gasteiger partial charge in [-0.25, -0.2) is 0 Å². The zero-order valence-corrected chi connectivity index (χ0v) is 12.4. The summed E-state index contributed by atoms with van der Waals surface area (Å²) in [6, 6.07) is 0.778. The Bertz CT molecular complexity index is 425. The Kier molecular flexibility index (Phi) is 3.92. The molecule has 0 bridgehead atoms. The highest BCUT2D eigenvalue weighted by molar-refractivity contribution is 5.24. The van der Waals surface area contributed by atoms with Gasteiger partial charge in [0.25, 0.3) is 0 Å². The molecule has 0 radical (unpaired) electrons. The lowest BCUT2D eigenvalue weighted by Gasteiger charge is -2.22. The fourth-order valence-electron chi connectivity index (χ4n) is 3.32. The summed E-state index contributed by atoms with van der Waals surface area (Å²) in [5.74, 6) is 0.857. The minimum atomic E-state index is 0.778. The van der Waals surface area contributed by atoms with E-state index in [-0.39, 0.29) is 0 Å². The van der Waals surface area contributed by atoms with Gasteiger partial charge in [-0.1, -0.05) is 19.3 Å². The lowest BCUT2D eigenvalue weighted by atomic mass is 9.89. The fraction of sp³-hybridized carbons (Fsp3) is 0.812. The molecule has 1 aromatic heterocycles. The molecule has 19 heavy (non-hydrogen) atoms. The van der Waals surface area contributed by atoms with Crippen LogP contribution in [0.25, 0.3) is 0 Å². The Labute approximate surface area is 116 Å². The minimum Gasteiger partial charge on any atom is -0.310 e. The van der Waals surface area contributed by atoms with Crippen LogP contribution in [0.4, 0.5) is 0 Å². The molecule has 3 rings (SSSR count). The summed E-state index contributed by atoms with van der Waals surface area (Å²) in [5, 5.41) is 8.40. The summed E-state index contributed by atoms with van der Waals surface area (Å²) in [4.78, 5) is 0. The van der Waals surface area contributed by atoms with Gasteiger partial charge >= 0.3 is 0 Å². The average molecular weight is 261 g/mol. The summed E-state index contributed by atoms with van der Waals surface area (Å²) in [6.45, 7) is 6.55. The van der Waals surface area contributed by atoms with Crippen molar-refractivity contribution in [1.29, 1.82) is 0 Å². The van der Waals surface area contributed by atoms with E-state index in [2.05, 4.69) is 23.8 Å². The Morgan fingerprint density at radius 1 is 1.11 bits per heavy atom. The molecule has 0 unspecified atom stereocenters. The van der Waals surface area contributed by atoms with Crippen molar-refractivity contribution in [2.45, 2.75) is 77.9 Å². The third-order valence-electron chi connectivity index (χ3n) is 4.83. The molecule has 0 amide bonds. The van der Waals surface area contributed by atoms with Gasteiger partial charge < -0.3 is 5.32 Å². The van der Waals surface area contributed by atoms with Gasteiger partial charge in [-0.05, 0) is 45.4 Å². The second-order valence-corrected chi connectivity index (χ2v) is 6.49. The molecule has 0 aliphatic heterocycles. The lowest BCUT2D eigenvalue weighted by Crippen LogP contribution is -2.18. The van der Waals surface area contributed by atoms with Crippen molar-refractivity contribution < 1.29 is 0 Å². The molecule has 0 atom stereocenters. The first-order valence-corrected chi connectivity index (χ1v) is 8.00. The fourth-order valence-corrected chi connectivity index (χ4v) is 3.32. The van der Waals surface area contributed by atoms with Crippen molar-refractivity contribution in [2.24, 2.45) is 5.92 Å². The molecule has 106 valence electrons. The monoisotopic (exact) mass is 261 g/mol. The van der Waals surface area contributed by atoms with Crippen LogP contribution >= 0.6 is 0 Å². The highest BCUT2D eigenvalue weighted by Gasteiger charge is 2.22. The predicted molar refractivity (Wildman–Crippen MR) is 78.1 cm³/mol. The van der Waals surface area contributed by atoms with E-state index in [0.29, 0.717) is 0 Å². The summed E-state index contributed by atoms with van der Waals surface area (Å²) >= 11 is 0. The van der Waals surface area contributed by atoms with E-state index in [0.717, 1.165) is 25.0 Å². The second kappa shape index (κ2) is 5.66. The van der Waals surface area contributed by atoms with Crippen LogP contribution in [0.2, 0.25) is 0 Å². The van der Waals surface area contributed by atoms with Crippen LogP contribution in [-0.2, 0) is 13.1 Å². The lowest BCUT2D eigenvalue weighted by molar-refractivity contribution is 0.305. The third-order valence-corrected chi connectivity index (χ3v) is 4.83. The van der Waals surface area contributed by atoms with Crippen molar-refractivity contribution in [3.05, 3.63) is 17.0 Å². The van der Waals surface area contributed by atoms with E-state index >= 15 is 0 Å². The predicted octanol–water partition coefficient (Wildman–Crippen LogP) is 3.33. The van der Waals surface area contributed by atoms with Gasteiger partial charge in [-0.3, -0.25) is 4.68 Å². The molecule has 0 spiro atoms. The number of hydrogen-bond donors (Lipinski definition) is 1. The smallest absolute Gasteiger partial charge is 0.0641 e. The van der Waals surface area contributed by atoms with E-state index in [1.165, 1.54) is 61.9 Å². The van der Waals surface area contributed by atoms with Gasteiger partial charge in [0.1, 0.15) is 0 Å². The molecule has 1 heterocycles.